The van der Waals surface area contributed by atoms with Gasteiger partial charge in [-0.25, -0.2) is 17.9 Å². The van der Waals surface area contributed by atoms with Crippen LogP contribution in [0, 0.1) is 12.7 Å². The van der Waals surface area contributed by atoms with Crippen LogP contribution in [0.2, 0.25) is 0 Å². The van der Waals surface area contributed by atoms with Crippen molar-refractivity contribution < 1.29 is 12.8 Å². The highest BCUT2D eigenvalue weighted by molar-refractivity contribution is 7.89. The smallest absolute Gasteiger partial charge is 0.238 e. The molecule has 6 nitrogen and oxygen atoms in total. The Morgan fingerprint density at radius 2 is 1.70 bits per heavy atom. The molecule has 146 valence electrons. The first-order valence-corrected chi connectivity index (χ1v) is 10.2. The van der Waals surface area contributed by atoms with E-state index in [1.165, 1.54) is 24.3 Å². The lowest BCUT2D eigenvalue weighted by Crippen LogP contribution is -2.39. The van der Waals surface area contributed by atoms with E-state index >= 15 is 0 Å². The van der Waals surface area contributed by atoms with Gasteiger partial charge in [-0.05, 0) is 60.7 Å². The van der Waals surface area contributed by atoms with Crippen LogP contribution in [0.25, 0.3) is 0 Å². The van der Waals surface area contributed by atoms with Gasteiger partial charge in [-0.1, -0.05) is 18.2 Å². The minimum Gasteiger partial charge on any atom is -0.356 e. The standard InChI is InChI=1S/C19H25FN4O2S/c1-14-13-17(20)6-5-16(14)10-12-24-19(22-2)23-11-9-15-3-7-18(8-4-15)27(21,25)26/h3-8,13H,9-12H2,1-2H3,(H2,21,25,26)(H2,22,23,24). The largest absolute Gasteiger partial charge is 0.356 e. The van der Waals surface area contributed by atoms with E-state index in [-0.39, 0.29) is 10.7 Å². The molecule has 0 unspecified atom stereocenters. The van der Waals surface area contributed by atoms with Gasteiger partial charge in [-0.15, -0.1) is 0 Å². The number of sulfonamides is 1. The van der Waals surface area contributed by atoms with Gasteiger partial charge >= 0.3 is 0 Å². The second-order valence-electron chi connectivity index (χ2n) is 6.19. The number of aliphatic imine (C=N–C) groups is 1. The maximum Gasteiger partial charge on any atom is 0.238 e. The van der Waals surface area contributed by atoms with Gasteiger partial charge in [0, 0.05) is 20.1 Å². The molecule has 2 aromatic rings. The minimum atomic E-state index is -3.66. The van der Waals surface area contributed by atoms with Gasteiger partial charge in [0.15, 0.2) is 5.96 Å². The maximum atomic E-state index is 13.1. The van der Waals surface area contributed by atoms with E-state index in [0.29, 0.717) is 25.5 Å². The van der Waals surface area contributed by atoms with Crippen LogP contribution < -0.4 is 15.8 Å². The summed E-state index contributed by atoms with van der Waals surface area (Å²) in [5.41, 5.74) is 3.02. The van der Waals surface area contributed by atoms with Crippen molar-refractivity contribution in [2.24, 2.45) is 10.1 Å². The molecule has 0 aliphatic rings. The Kier molecular flexibility index (Phi) is 7.32. The number of nitrogens with one attached hydrogen (secondary N) is 2. The lowest BCUT2D eigenvalue weighted by atomic mass is 10.1. The molecule has 0 amide bonds. The molecular formula is C19H25FN4O2S. The maximum absolute atomic E-state index is 13.1. The molecule has 4 N–H and O–H groups in total. The van der Waals surface area contributed by atoms with Crippen LogP contribution >= 0.6 is 0 Å². The Morgan fingerprint density at radius 3 is 2.26 bits per heavy atom. The average molecular weight is 393 g/mol. The Labute approximate surface area is 159 Å². The fourth-order valence-electron chi connectivity index (χ4n) is 2.65. The van der Waals surface area contributed by atoms with Crippen LogP contribution in [0.1, 0.15) is 16.7 Å². The Hall–Kier alpha value is -2.45. The van der Waals surface area contributed by atoms with Crippen molar-refractivity contribution in [3.63, 3.8) is 0 Å². The number of hydrogen-bond acceptors (Lipinski definition) is 3. The van der Waals surface area contributed by atoms with Gasteiger partial charge in [0.05, 0.1) is 4.90 Å². The quantitative estimate of drug-likeness (QED) is 0.494. The average Bonchev–Trinajstić information content (AvgIpc) is 2.61. The lowest BCUT2D eigenvalue weighted by molar-refractivity contribution is 0.597. The normalized spacial score (nSPS) is 12.1. The number of hydrogen-bond donors (Lipinski definition) is 3. The zero-order valence-corrected chi connectivity index (χ0v) is 16.3. The van der Waals surface area contributed by atoms with Gasteiger partial charge < -0.3 is 10.6 Å². The van der Waals surface area contributed by atoms with Gasteiger partial charge in [-0.2, -0.15) is 0 Å². The number of aryl methyl sites for hydroxylation is 1. The highest BCUT2D eigenvalue weighted by atomic mass is 32.2. The van der Waals surface area contributed by atoms with E-state index in [2.05, 4.69) is 15.6 Å². The summed E-state index contributed by atoms with van der Waals surface area (Å²) in [5.74, 6) is 0.453. The minimum absolute atomic E-state index is 0.104. The molecule has 0 heterocycles. The van der Waals surface area contributed by atoms with E-state index in [1.807, 2.05) is 6.92 Å². The fourth-order valence-corrected chi connectivity index (χ4v) is 3.16. The third-order valence-electron chi connectivity index (χ3n) is 4.17. The van der Waals surface area contributed by atoms with Crippen molar-refractivity contribution in [2.75, 3.05) is 20.1 Å². The van der Waals surface area contributed by atoms with Crippen molar-refractivity contribution in [2.45, 2.75) is 24.7 Å². The molecule has 8 heteroatoms. The Balaban J connectivity index is 1.77. The fraction of sp³-hybridized carbons (Fsp3) is 0.316. The van der Waals surface area contributed by atoms with Crippen LogP contribution in [-0.2, 0) is 22.9 Å². The molecular weight excluding hydrogens is 367 g/mol. The van der Waals surface area contributed by atoms with Crippen molar-refractivity contribution in [1.82, 2.24) is 10.6 Å². The number of rotatable bonds is 7. The Bertz CT molecular complexity index is 896. The molecule has 2 aromatic carbocycles. The van der Waals surface area contributed by atoms with Crippen LogP contribution in [0.5, 0.6) is 0 Å². The van der Waals surface area contributed by atoms with Crippen LogP contribution in [0.15, 0.2) is 52.4 Å². The van der Waals surface area contributed by atoms with Crippen LogP contribution in [0.3, 0.4) is 0 Å². The highest BCUT2D eigenvalue weighted by Crippen LogP contribution is 2.10. The number of nitrogens with zero attached hydrogens (tertiary/aromatic N) is 1. The van der Waals surface area contributed by atoms with Crippen molar-refractivity contribution in [3.8, 4) is 0 Å². The SMILES string of the molecule is CN=C(NCCc1ccc(S(N)(=O)=O)cc1)NCCc1ccc(F)cc1C. The second kappa shape index (κ2) is 9.48. The summed E-state index contributed by atoms with van der Waals surface area (Å²) < 4.78 is 35.6. The molecule has 0 spiro atoms. The summed E-state index contributed by atoms with van der Waals surface area (Å²) in [6.45, 7) is 3.21. The van der Waals surface area contributed by atoms with E-state index < -0.39 is 10.0 Å². The van der Waals surface area contributed by atoms with E-state index in [4.69, 9.17) is 5.14 Å². The van der Waals surface area contributed by atoms with Crippen molar-refractivity contribution >= 4 is 16.0 Å². The summed E-state index contributed by atoms with van der Waals surface area (Å²) in [7, 11) is -1.97. The van der Waals surface area contributed by atoms with E-state index in [9.17, 15) is 12.8 Å². The predicted molar refractivity (Wildman–Crippen MR) is 106 cm³/mol. The number of guanidine groups is 1. The predicted octanol–water partition coefficient (Wildman–Crippen LogP) is 1.73. The molecule has 0 aliphatic heterocycles. The van der Waals surface area contributed by atoms with E-state index in [0.717, 1.165) is 23.1 Å². The van der Waals surface area contributed by atoms with E-state index in [1.54, 1.807) is 25.2 Å². The first-order valence-electron chi connectivity index (χ1n) is 8.61. The molecule has 0 aliphatic carbocycles. The summed E-state index contributed by atoms with van der Waals surface area (Å²) in [6.07, 6.45) is 1.48. The third-order valence-corrected chi connectivity index (χ3v) is 5.10. The molecule has 0 aromatic heterocycles. The third kappa shape index (κ3) is 6.65. The molecule has 0 fully saturated rings. The molecule has 0 saturated heterocycles. The Morgan fingerprint density at radius 1 is 1.07 bits per heavy atom. The summed E-state index contributed by atoms with van der Waals surface area (Å²) in [5, 5.41) is 11.5. The second-order valence-corrected chi connectivity index (χ2v) is 7.75. The molecule has 27 heavy (non-hydrogen) atoms. The first-order chi connectivity index (χ1) is 12.8. The van der Waals surface area contributed by atoms with Crippen LogP contribution in [-0.4, -0.2) is 34.5 Å². The molecule has 2 rings (SSSR count). The zero-order chi connectivity index (χ0) is 19.9. The summed E-state index contributed by atoms with van der Waals surface area (Å²) in [6, 6.07) is 11.3. The monoisotopic (exact) mass is 392 g/mol. The topological polar surface area (TPSA) is 96.6 Å². The van der Waals surface area contributed by atoms with Gasteiger partial charge in [0.25, 0.3) is 0 Å². The molecule has 0 bridgehead atoms. The molecule has 0 saturated carbocycles. The molecule has 0 radical (unpaired) electrons. The first kappa shape index (κ1) is 20.9. The van der Waals surface area contributed by atoms with Crippen molar-refractivity contribution in [3.05, 3.63) is 65.0 Å². The highest BCUT2D eigenvalue weighted by Gasteiger charge is 2.07. The van der Waals surface area contributed by atoms with Crippen molar-refractivity contribution in [1.29, 1.82) is 0 Å². The van der Waals surface area contributed by atoms with Crippen LogP contribution in [0.4, 0.5) is 4.39 Å². The number of nitrogens with two attached hydrogens (primary N) is 1. The summed E-state index contributed by atoms with van der Waals surface area (Å²) in [4.78, 5) is 4.28. The number of halogens is 1. The number of benzene rings is 2. The molecule has 0 atom stereocenters. The van der Waals surface area contributed by atoms with Gasteiger partial charge in [0.1, 0.15) is 5.82 Å². The lowest BCUT2D eigenvalue weighted by Gasteiger charge is -2.13. The van der Waals surface area contributed by atoms with Gasteiger partial charge in [0.2, 0.25) is 10.0 Å². The zero-order valence-electron chi connectivity index (χ0n) is 15.5. The van der Waals surface area contributed by atoms with Gasteiger partial charge in [-0.3, -0.25) is 4.99 Å². The number of primary sulfonamides is 1. The summed E-state index contributed by atoms with van der Waals surface area (Å²) >= 11 is 0.